The molecule has 5 heteroatoms. The number of ketones is 2. The Morgan fingerprint density at radius 2 is 1.24 bits per heavy atom. The maximum Gasteiger partial charge on any atom is 0.195 e. The monoisotopic (exact) mass is 384 g/mol. The number of carbonyl (C=O) groups is 2. The summed E-state index contributed by atoms with van der Waals surface area (Å²) >= 11 is 13.7. The van der Waals surface area contributed by atoms with Crippen LogP contribution in [0.15, 0.2) is 70.5 Å². The second kappa shape index (κ2) is 6.34. The standard InChI is InChI=1S/C20H10Cl2O2S/c21-14-8-4-10-16(18(14)22)25-15-9-3-7-13-17(15)20(24)12-6-2-1-5-11(12)19(13)23/h1-10H. The van der Waals surface area contributed by atoms with E-state index in [1.54, 1.807) is 48.5 Å². The zero-order chi connectivity index (χ0) is 17.6. The lowest BCUT2D eigenvalue weighted by Gasteiger charge is -2.20. The minimum absolute atomic E-state index is 0.134. The highest BCUT2D eigenvalue weighted by Crippen LogP contribution is 2.41. The van der Waals surface area contributed by atoms with Crippen LogP contribution in [0.25, 0.3) is 0 Å². The van der Waals surface area contributed by atoms with Crippen molar-refractivity contribution in [2.24, 2.45) is 0 Å². The Bertz CT molecular complexity index is 1040. The summed E-state index contributed by atoms with van der Waals surface area (Å²) in [7, 11) is 0. The molecule has 0 aliphatic heterocycles. The summed E-state index contributed by atoms with van der Waals surface area (Å²) in [5, 5.41) is 0.881. The third kappa shape index (κ3) is 2.69. The van der Waals surface area contributed by atoms with Crippen LogP contribution in [0.5, 0.6) is 0 Å². The van der Waals surface area contributed by atoms with Crippen LogP contribution in [0, 0.1) is 0 Å². The number of benzene rings is 3. The van der Waals surface area contributed by atoms with Gasteiger partial charge < -0.3 is 0 Å². The maximum absolute atomic E-state index is 13.0. The van der Waals surface area contributed by atoms with E-state index in [9.17, 15) is 9.59 Å². The van der Waals surface area contributed by atoms with E-state index in [-0.39, 0.29) is 11.6 Å². The number of hydrogen-bond acceptors (Lipinski definition) is 3. The predicted molar refractivity (Wildman–Crippen MR) is 100 cm³/mol. The number of halogens is 2. The molecule has 0 radical (unpaired) electrons. The summed E-state index contributed by atoms with van der Waals surface area (Å²) < 4.78 is 0. The van der Waals surface area contributed by atoms with E-state index in [0.717, 1.165) is 4.90 Å². The molecule has 0 atom stereocenters. The molecule has 0 unspecified atom stereocenters. The van der Waals surface area contributed by atoms with Crippen molar-refractivity contribution in [3.8, 4) is 0 Å². The zero-order valence-electron chi connectivity index (χ0n) is 12.8. The number of fused-ring (bicyclic) bond motifs is 2. The Labute approximate surface area is 158 Å². The Morgan fingerprint density at radius 1 is 0.640 bits per heavy atom. The lowest BCUT2D eigenvalue weighted by molar-refractivity contribution is 0.0977. The van der Waals surface area contributed by atoms with Crippen LogP contribution in [0.4, 0.5) is 0 Å². The minimum atomic E-state index is -0.147. The van der Waals surface area contributed by atoms with Crippen molar-refractivity contribution in [1.29, 1.82) is 0 Å². The van der Waals surface area contributed by atoms with Crippen LogP contribution in [-0.2, 0) is 0 Å². The highest BCUT2D eigenvalue weighted by Gasteiger charge is 2.31. The van der Waals surface area contributed by atoms with E-state index in [1.165, 1.54) is 11.8 Å². The van der Waals surface area contributed by atoms with Gasteiger partial charge in [-0.1, -0.05) is 77.4 Å². The van der Waals surface area contributed by atoms with Gasteiger partial charge in [-0.25, -0.2) is 0 Å². The normalized spacial score (nSPS) is 12.7. The number of hydrogen-bond donors (Lipinski definition) is 0. The first kappa shape index (κ1) is 16.4. The van der Waals surface area contributed by atoms with Gasteiger partial charge in [-0.05, 0) is 18.2 Å². The van der Waals surface area contributed by atoms with Gasteiger partial charge in [0.05, 0.1) is 10.0 Å². The molecular formula is C20H10Cl2O2S. The molecule has 122 valence electrons. The van der Waals surface area contributed by atoms with Crippen LogP contribution in [0.3, 0.4) is 0 Å². The van der Waals surface area contributed by atoms with E-state index < -0.39 is 0 Å². The molecule has 0 saturated carbocycles. The molecule has 0 N–H and O–H groups in total. The Morgan fingerprint density at radius 3 is 2.00 bits per heavy atom. The van der Waals surface area contributed by atoms with Crippen LogP contribution < -0.4 is 0 Å². The molecule has 0 fully saturated rings. The molecule has 2 nitrogen and oxygen atoms in total. The Balaban J connectivity index is 1.87. The van der Waals surface area contributed by atoms with E-state index in [1.807, 2.05) is 12.1 Å². The third-order valence-electron chi connectivity index (χ3n) is 4.05. The van der Waals surface area contributed by atoms with Crippen LogP contribution in [0.2, 0.25) is 10.0 Å². The molecule has 3 aromatic rings. The molecule has 0 aromatic heterocycles. The highest BCUT2D eigenvalue weighted by molar-refractivity contribution is 7.99. The summed E-state index contributed by atoms with van der Waals surface area (Å²) in [6.45, 7) is 0. The maximum atomic E-state index is 13.0. The second-order valence-corrected chi connectivity index (χ2v) is 7.41. The molecule has 0 saturated heterocycles. The van der Waals surface area contributed by atoms with Crippen molar-refractivity contribution in [1.82, 2.24) is 0 Å². The largest absolute Gasteiger partial charge is 0.289 e. The van der Waals surface area contributed by atoms with Gasteiger partial charge in [0.1, 0.15) is 0 Å². The average Bonchev–Trinajstić information content (AvgIpc) is 2.63. The molecule has 0 bridgehead atoms. The Kier molecular flexibility index (Phi) is 4.16. The zero-order valence-corrected chi connectivity index (χ0v) is 15.1. The molecule has 3 aromatic carbocycles. The quantitative estimate of drug-likeness (QED) is 0.430. The summed E-state index contributed by atoms with van der Waals surface area (Å²) in [5.74, 6) is -0.281. The van der Waals surface area contributed by atoms with E-state index >= 15 is 0 Å². The van der Waals surface area contributed by atoms with Gasteiger partial charge in [-0.15, -0.1) is 0 Å². The molecule has 4 rings (SSSR count). The van der Waals surface area contributed by atoms with Gasteiger partial charge in [0.25, 0.3) is 0 Å². The smallest absolute Gasteiger partial charge is 0.195 e. The van der Waals surface area contributed by atoms with Gasteiger partial charge >= 0.3 is 0 Å². The minimum Gasteiger partial charge on any atom is -0.289 e. The SMILES string of the molecule is O=C1c2ccccc2C(=O)c2c(Sc3cccc(Cl)c3Cl)cccc21. The topological polar surface area (TPSA) is 34.1 Å². The second-order valence-electron chi connectivity index (χ2n) is 5.54. The first-order valence-corrected chi connectivity index (χ1v) is 9.08. The fraction of sp³-hybridized carbons (Fsp3) is 0. The van der Waals surface area contributed by atoms with Crippen molar-refractivity contribution in [2.75, 3.05) is 0 Å². The molecule has 0 heterocycles. The van der Waals surface area contributed by atoms with Crippen molar-refractivity contribution in [3.05, 3.63) is 93.0 Å². The Hall–Kier alpha value is -2.07. The summed E-state index contributed by atoms with van der Waals surface area (Å²) in [6.07, 6.45) is 0. The molecule has 0 spiro atoms. The number of carbonyl (C=O) groups excluding carboxylic acids is 2. The van der Waals surface area contributed by atoms with Crippen molar-refractivity contribution in [2.45, 2.75) is 9.79 Å². The van der Waals surface area contributed by atoms with Crippen molar-refractivity contribution >= 4 is 46.5 Å². The summed E-state index contributed by atoms with van der Waals surface area (Å²) in [5.41, 5.74) is 1.73. The van der Waals surface area contributed by atoms with Crippen LogP contribution >= 0.6 is 35.0 Å². The number of rotatable bonds is 2. The summed E-state index contributed by atoms with van der Waals surface area (Å²) in [6, 6.07) is 17.5. The van der Waals surface area contributed by atoms with Gasteiger partial charge in [0, 0.05) is 32.0 Å². The average molecular weight is 385 g/mol. The van der Waals surface area contributed by atoms with E-state index in [4.69, 9.17) is 23.2 Å². The van der Waals surface area contributed by atoms with Gasteiger partial charge in [-0.3, -0.25) is 9.59 Å². The van der Waals surface area contributed by atoms with Crippen molar-refractivity contribution in [3.63, 3.8) is 0 Å². The van der Waals surface area contributed by atoms with E-state index in [0.29, 0.717) is 37.2 Å². The van der Waals surface area contributed by atoms with Gasteiger partial charge in [0.2, 0.25) is 0 Å². The van der Waals surface area contributed by atoms with E-state index in [2.05, 4.69) is 0 Å². The third-order valence-corrected chi connectivity index (χ3v) is 6.10. The van der Waals surface area contributed by atoms with Crippen LogP contribution in [-0.4, -0.2) is 11.6 Å². The lowest BCUT2D eigenvalue weighted by Crippen LogP contribution is -2.21. The molecule has 1 aliphatic rings. The fourth-order valence-electron chi connectivity index (χ4n) is 2.88. The first-order valence-electron chi connectivity index (χ1n) is 7.51. The van der Waals surface area contributed by atoms with Gasteiger partial charge in [-0.2, -0.15) is 0 Å². The molecular weight excluding hydrogens is 375 g/mol. The van der Waals surface area contributed by atoms with Crippen LogP contribution in [0.1, 0.15) is 31.8 Å². The fourth-order valence-corrected chi connectivity index (χ4v) is 4.39. The highest BCUT2D eigenvalue weighted by atomic mass is 35.5. The molecule has 1 aliphatic carbocycles. The van der Waals surface area contributed by atoms with Crippen molar-refractivity contribution < 1.29 is 9.59 Å². The predicted octanol–water partition coefficient (Wildman–Crippen LogP) is 5.92. The summed E-state index contributed by atoms with van der Waals surface area (Å²) in [4.78, 5) is 27.2. The molecule has 25 heavy (non-hydrogen) atoms. The first-order chi connectivity index (χ1) is 12.1. The molecule has 0 amide bonds. The lowest BCUT2D eigenvalue weighted by atomic mass is 9.84. The van der Waals surface area contributed by atoms with Gasteiger partial charge in [0.15, 0.2) is 11.6 Å².